The summed E-state index contributed by atoms with van der Waals surface area (Å²) in [4.78, 5) is 14.4. The third kappa shape index (κ3) is 4.09. The summed E-state index contributed by atoms with van der Waals surface area (Å²) in [7, 11) is -3.41. The number of hydrogen-bond donors (Lipinski definition) is 1. The van der Waals surface area contributed by atoms with E-state index in [4.69, 9.17) is 0 Å². The zero-order valence-corrected chi connectivity index (χ0v) is 14.4. The number of carbonyl (C=O) groups excluding carboxylic acids is 1. The van der Waals surface area contributed by atoms with Crippen LogP contribution in [0.15, 0.2) is 0 Å². The zero-order chi connectivity index (χ0) is 14.7. The predicted molar refractivity (Wildman–Crippen MR) is 84.0 cm³/mol. The van der Waals surface area contributed by atoms with E-state index in [-0.39, 0.29) is 18.3 Å². The van der Waals surface area contributed by atoms with Crippen LogP contribution < -0.4 is 5.32 Å². The standard InChI is InChI=1S/C13H26N2O3S.ClH/c1-5-15(10-11(2)3)12(16)13(19(4,17)18)6-8-14-9-7-13;/h11,14H,5-10H2,1-4H3;1H. The molecule has 1 aliphatic heterocycles. The van der Waals surface area contributed by atoms with Gasteiger partial charge in [0.1, 0.15) is 0 Å². The molecule has 0 aromatic carbocycles. The van der Waals surface area contributed by atoms with E-state index < -0.39 is 14.6 Å². The molecule has 0 radical (unpaired) electrons. The first kappa shape index (κ1) is 19.7. The Labute approximate surface area is 128 Å². The van der Waals surface area contributed by atoms with Gasteiger partial charge in [-0.25, -0.2) is 8.42 Å². The maximum Gasteiger partial charge on any atom is 0.244 e. The van der Waals surface area contributed by atoms with Crippen LogP contribution in [0.1, 0.15) is 33.6 Å². The molecule has 0 aromatic heterocycles. The minimum Gasteiger partial charge on any atom is -0.341 e. The second-order valence-electron chi connectivity index (χ2n) is 5.75. The molecule has 1 amide bonds. The van der Waals surface area contributed by atoms with Crippen LogP contribution in [0.25, 0.3) is 0 Å². The van der Waals surface area contributed by atoms with Crippen molar-refractivity contribution in [3.63, 3.8) is 0 Å². The Hall–Kier alpha value is -0.330. The number of nitrogens with one attached hydrogen (secondary N) is 1. The fourth-order valence-corrected chi connectivity index (χ4v) is 4.05. The van der Waals surface area contributed by atoms with Crippen molar-refractivity contribution in [2.45, 2.75) is 38.4 Å². The Morgan fingerprint density at radius 2 is 1.80 bits per heavy atom. The normalized spacial score (nSPS) is 18.4. The summed E-state index contributed by atoms with van der Waals surface area (Å²) in [5.41, 5.74) is 0. The molecule has 20 heavy (non-hydrogen) atoms. The third-order valence-corrected chi connectivity index (χ3v) is 5.77. The van der Waals surface area contributed by atoms with Gasteiger partial charge in [0.25, 0.3) is 0 Å². The molecule has 1 rings (SSSR count). The van der Waals surface area contributed by atoms with Gasteiger partial charge in [0.05, 0.1) is 0 Å². The molecule has 0 aromatic rings. The molecular formula is C13H27ClN2O3S. The van der Waals surface area contributed by atoms with Crippen LogP contribution in [-0.2, 0) is 14.6 Å². The predicted octanol–water partition coefficient (Wildman–Crippen LogP) is 1.08. The molecule has 0 aliphatic carbocycles. The fourth-order valence-electron chi connectivity index (χ4n) is 2.66. The Kier molecular flexibility index (Phi) is 7.49. The van der Waals surface area contributed by atoms with E-state index in [1.54, 1.807) is 4.90 Å². The van der Waals surface area contributed by atoms with Crippen molar-refractivity contribution in [2.24, 2.45) is 5.92 Å². The highest BCUT2D eigenvalue weighted by Crippen LogP contribution is 2.30. The highest BCUT2D eigenvalue weighted by molar-refractivity contribution is 7.92. The molecule has 7 heteroatoms. The lowest BCUT2D eigenvalue weighted by atomic mass is 9.94. The van der Waals surface area contributed by atoms with Gasteiger partial charge in [-0.05, 0) is 38.8 Å². The van der Waals surface area contributed by atoms with Crippen LogP contribution in [0.5, 0.6) is 0 Å². The summed E-state index contributed by atoms with van der Waals surface area (Å²) in [6.45, 7) is 8.30. The van der Waals surface area contributed by atoms with E-state index in [0.717, 1.165) is 0 Å². The highest BCUT2D eigenvalue weighted by Gasteiger charge is 2.50. The number of sulfone groups is 1. The molecule has 5 nitrogen and oxygen atoms in total. The molecule has 0 atom stereocenters. The van der Waals surface area contributed by atoms with E-state index in [9.17, 15) is 13.2 Å². The number of carbonyl (C=O) groups is 1. The van der Waals surface area contributed by atoms with Gasteiger partial charge in [-0.3, -0.25) is 4.79 Å². The Balaban J connectivity index is 0.00000361. The number of piperidine rings is 1. The van der Waals surface area contributed by atoms with E-state index in [2.05, 4.69) is 5.32 Å². The zero-order valence-electron chi connectivity index (χ0n) is 12.8. The average Bonchev–Trinajstić information content (AvgIpc) is 2.34. The molecule has 0 unspecified atom stereocenters. The van der Waals surface area contributed by atoms with E-state index >= 15 is 0 Å². The Morgan fingerprint density at radius 1 is 1.30 bits per heavy atom. The lowest BCUT2D eigenvalue weighted by Gasteiger charge is -2.38. The van der Waals surface area contributed by atoms with Crippen molar-refractivity contribution < 1.29 is 13.2 Å². The largest absolute Gasteiger partial charge is 0.341 e. The van der Waals surface area contributed by atoms with Crippen LogP contribution in [-0.4, -0.2) is 56.4 Å². The maximum atomic E-state index is 12.8. The molecule has 0 spiro atoms. The van der Waals surface area contributed by atoms with Crippen LogP contribution in [0.3, 0.4) is 0 Å². The average molecular weight is 327 g/mol. The summed E-state index contributed by atoms with van der Waals surface area (Å²) >= 11 is 0. The summed E-state index contributed by atoms with van der Waals surface area (Å²) in [5, 5.41) is 3.13. The number of hydrogen-bond acceptors (Lipinski definition) is 4. The number of amides is 1. The monoisotopic (exact) mass is 326 g/mol. The molecule has 0 saturated carbocycles. The lowest BCUT2D eigenvalue weighted by Crippen LogP contribution is -2.58. The van der Waals surface area contributed by atoms with Gasteiger partial charge in [-0.2, -0.15) is 0 Å². The number of halogens is 1. The molecule has 1 aliphatic rings. The summed E-state index contributed by atoms with van der Waals surface area (Å²) < 4.78 is 23.1. The minimum absolute atomic E-state index is 0. The molecular weight excluding hydrogens is 300 g/mol. The minimum atomic E-state index is -3.41. The van der Waals surface area contributed by atoms with Gasteiger partial charge in [-0.1, -0.05) is 13.8 Å². The van der Waals surface area contributed by atoms with Crippen molar-refractivity contribution in [3.05, 3.63) is 0 Å². The topological polar surface area (TPSA) is 66.5 Å². The Bertz CT molecular complexity index is 417. The van der Waals surface area contributed by atoms with Crippen molar-refractivity contribution in [1.29, 1.82) is 0 Å². The number of rotatable bonds is 5. The second kappa shape index (κ2) is 7.61. The van der Waals surface area contributed by atoms with Crippen molar-refractivity contribution in [3.8, 4) is 0 Å². The highest BCUT2D eigenvalue weighted by atomic mass is 35.5. The van der Waals surface area contributed by atoms with Gasteiger partial charge >= 0.3 is 0 Å². The van der Waals surface area contributed by atoms with E-state index in [1.807, 2.05) is 20.8 Å². The van der Waals surface area contributed by atoms with Crippen molar-refractivity contribution in [1.82, 2.24) is 10.2 Å². The first-order valence-electron chi connectivity index (χ1n) is 6.94. The molecule has 1 fully saturated rings. The fraction of sp³-hybridized carbons (Fsp3) is 0.923. The van der Waals surface area contributed by atoms with Gasteiger partial charge in [0.2, 0.25) is 5.91 Å². The molecule has 120 valence electrons. The second-order valence-corrected chi connectivity index (χ2v) is 8.08. The summed E-state index contributed by atoms with van der Waals surface area (Å²) in [6, 6.07) is 0. The summed E-state index contributed by atoms with van der Waals surface area (Å²) in [5.74, 6) is 0.120. The van der Waals surface area contributed by atoms with Gasteiger partial charge in [0.15, 0.2) is 14.6 Å². The van der Waals surface area contributed by atoms with Crippen molar-refractivity contribution >= 4 is 28.2 Å². The molecule has 1 heterocycles. The first-order valence-corrected chi connectivity index (χ1v) is 8.83. The van der Waals surface area contributed by atoms with E-state index in [0.29, 0.717) is 44.9 Å². The summed E-state index contributed by atoms with van der Waals surface area (Å²) in [6.07, 6.45) is 1.94. The van der Waals surface area contributed by atoms with E-state index in [1.165, 1.54) is 6.26 Å². The molecule has 1 saturated heterocycles. The molecule has 1 N–H and O–H groups in total. The Morgan fingerprint density at radius 3 is 2.15 bits per heavy atom. The molecule has 0 bridgehead atoms. The van der Waals surface area contributed by atoms with Crippen LogP contribution in [0, 0.1) is 5.92 Å². The van der Waals surface area contributed by atoms with Crippen LogP contribution in [0.2, 0.25) is 0 Å². The maximum absolute atomic E-state index is 12.8. The first-order chi connectivity index (χ1) is 8.74. The number of nitrogens with zero attached hydrogens (tertiary/aromatic N) is 1. The smallest absolute Gasteiger partial charge is 0.244 e. The van der Waals surface area contributed by atoms with Crippen LogP contribution in [0.4, 0.5) is 0 Å². The third-order valence-electron chi connectivity index (χ3n) is 3.77. The quantitative estimate of drug-likeness (QED) is 0.821. The van der Waals surface area contributed by atoms with Gasteiger partial charge in [-0.15, -0.1) is 12.4 Å². The van der Waals surface area contributed by atoms with Gasteiger partial charge in [0, 0.05) is 19.3 Å². The van der Waals surface area contributed by atoms with Crippen LogP contribution >= 0.6 is 12.4 Å². The lowest BCUT2D eigenvalue weighted by molar-refractivity contribution is -0.135. The van der Waals surface area contributed by atoms with Crippen molar-refractivity contribution in [2.75, 3.05) is 32.4 Å². The van der Waals surface area contributed by atoms with Gasteiger partial charge < -0.3 is 10.2 Å². The SMILES string of the molecule is CCN(CC(C)C)C(=O)C1(S(C)(=O)=O)CCNCC1.Cl.